The Labute approximate surface area is 351 Å². The first-order valence-corrected chi connectivity index (χ1v) is 21.1. The Balaban J connectivity index is 1.31. The normalized spacial score (nSPS) is 27.5. The Bertz CT molecular complexity index is 2320. The molecule has 1 spiro atoms. The van der Waals surface area contributed by atoms with E-state index in [0.717, 1.165) is 16.7 Å². The van der Waals surface area contributed by atoms with Crippen LogP contribution in [0.5, 0.6) is 40.2 Å². The van der Waals surface area contributed by atoms with Crippen molar-refractivity contribution in [2.45, 2.75) is 74.6 Å². The van der Waals surface area contributed by atoms with E-state index in [1.54, 1.807) is 6.07 Å². The van der Waals surface area contributed by atoms with E-state index in [-0.39, 0.29) is 57.3 Å². The van der Waals surface area contributed by atoms with E-state index in [9.17, 15) is 25.4 Å². The fourth-order valence-electron chi connectivity index (χ4n) is 10.7. The summed E-state index contributed by atoms with van der Waals surface area (Å²) in [6.07, 6.45) is 0.961. The minimum Gasteiger partial charge on any atom is -0.504 e. The van der Waals surface area contributed by atoms with Gasteiger partial charge in [-0.2, -0.15) is 5.26 Å². The lowest BCUT2D eigenvalue weighted by Gasteiger charge is -2.59. The number of thioether (sulfide) groups is 1. The van der Waals surface area contributed by atoms with Crippen LogP contribution in [-0.2, 0) is 32.7 Å². The number of piperazine rings is 1. The van der Waals surface area contributed by atoms with Crippen LogP contribution in [0, 0.1) is 25.2 Å². The standard InChI is InChI=1S/C43H48N4O12S/c1-20-12-24-13-26-27(16-44)47-28-17-56-42(52)43(25-15-29(53-4)30(55-11-10-49)14-23(25)6-7-46(43)8-9-48)18-60-41(35(47)34(45-26)31(24)36(51)37(20)54-5)33-32(28)40-39(57-19-58-40)21(2)38(33)59-22(3)50/h12,14-15,26-28,34-35,41,45,48-49,51H,6-11,13,17-19H2,1-5H3/t26-,27-,28?,34+,35+,41+,43+/m0/s1. The summed E-state index contributed by atoms with van der Waals surface area (Å²) in [6, 6.07) is 5.13. The van der Waals surface area contributed by atoms with Crippen LogP contribution in [0.1, 0.15) is 68.8 Å². The number of carbonyl (C=O) groups excluding carboxylic acids is 2. The van der Waals surface area contributed by atoms with Gasteiger partial charge in [0.1, 0.15) is 25.0 Å². The molecule has 2 fully saturated rings. The van der Waals surface area contributed by atoms with E-state index in [4.69, 9.17) is 33.2 Å². The van der Waals surface area contributed by atoms with Crippen LogP contribution in [-0.4, -0.2) is 121 Å². The molecule has 7 aliphatic heterocycles. The molecule has 17 heteroatoms. The molecule has 7 heterocycles. The number of aromatic hydroxyl groups is 1. The molecule has 3 aromatic carbocycles. The van der Waals surface area contributed by atoms with Crippen LogP contribution in [0.4, 0.5) is 0 Å². The second-order valence-corrected chi connectivity index (χ2v) is 17.1. The van der Waals surface area contributed by atoms with Crippen molar-refractivity contribution in [1.82, 2.24) is 15.1 Å². The number of fused-ring (bicyclic) bond motifs is 9. The quantitative estimate of drug-likeness (QED) is 0.190. The van der Waals surface area contributed by atoms with E-state index in [0.29, 0.717) is 81.7 Å². The van der Waals surface area contributed by atoms with Gasteiger partial charge in [0.05, 0.1) is 50.8 Å². The largest absolute Gasteiger partial charge is 0.504 e. The number of carbonyl (C=O) groups is 2. The summed E-state index contributed by atoms with van der Waals surface area (Å²) >= 11 is 1.45. The maximum atomic E-state index is 15.3. The fourth-order valence-corrected chi connectivity index (χ4v) is 12.4. The number of hydrogen-bond donors (Lipinski definition) is 4. The first kappa shape index (κ1) is 40.4. The zero-order chi connectivity index (χ0) is 42.2. The number of β-amino-alcohol motifs (C(OH)–C–C–N with tert-alkyl or cyclic N) is 1. The summed E-state index contributed by atoms with van der Waals surface area (Å²) in [7, 11) is 3.02. The van der Waals surface area contributed by atoms with Gasteiger partial charge in [-0.1, -0.05) is 6.07 Å². The van der Waals surface area contributed by atoms with Gasteiger partial charge in [-0.05, 0) is 61.1 Å². The highest BCUT2D eigenvalue weighted by molar-refractivity contribution is 7.99. The number of rotatable bonds is 8. The molecule has 1 unspecified atom stereocenters. The van der Waals surface area contributed by atoms with Crippen LogP contribution in [0.3, 0.4) is 0 Å². The van der Waals surface area contributed by atoms with Gasteiger partial charge in [0.15, 0.2) is 40.0 Å². The number of aliphatic hydroxyl groups is 2. The molecule has 4 N–H and O–H groups in total. The molecule has 0 saturated carbocycles. The van der Waals surface area contributed by atoms with Gasteiger partial charge in [-0.15, -0.1) is 11.8 Å². The molecule has 10 rings (SSSR count). The first-order valence-electron chi connectivity index (χ1n) is 20.1. The van der Waals surface area contributed by atoms with Crippen molar-refractivity contribution in [3.63, 3.8) is 0 Å². The minimum atomic E-state index is -1.47. The summed E-state index contributed by atoms with van der Waals surface area (Å²) in [5, 5.41) is 46.3. The Morgan fingerprint density at radius 2 is 1.83 bits per heavy atom. The van der Waals surface area contributed by atoms with Gasteiger partial charge < -0.3 is 53.8 Å². The van der Waals surface area contributed by atoms with E-state index in [1.807, 2.05) is 30.9 Å². The molecule has 2 saturated heterocycles. The Morgan fingerprint density at radius 1 is 1.03 bits per heavy atom. The number of nitrogens with one attached hydrogen (secondary N) is 1. The average molecular weight is 845 g/mol. The first-order chi connectivity index (χ1) is 29.0. The highest BCUT2D eigenvalue weighted by Crippen LogP contribution is 2.64. The lowest BCUT2D eigenvalue weighted by atomic mass is 9.72. The third-order valence-electron chi connectivity index (χ3n) is 13.0. The number of nitrogens with zero attached hydrogens (tertiary/aromatic N) is 3. The molecule has 318 valence electrons. The number of phenolic OH excluding ortho intramolecular Hbond substituents is 1. The highest BCUT2D eigenvalue weighted by atomic mass is 32.2. The lowest BCUT2D eigenvalue weighted by Crippen LogP contribution is -2.69. The molecule has 4 bridgehead atoms. The molecular formula is C43H48N4O12S. The second-order valence-electron chi connectivity index (χ2n) is 16.0. The van der Waals surface area contributed by atoms with Crippen LogP contribution < -0.4 is 33.7 Å². The number of hydrogen-bond acceptors (Lipinski definition) is 17. The number of esters is 2. The number of aliphatic hydroxyl groups excluding tert-OH is 2. The average Bonchev–Trinajstić information content (AvgIpc) is 3.73. The highest BCUT2D eigenvalue weighted by Gasteiger charge is 2.61. The second kappa shape index (κ2) is 15.5. The van der Waals surface area contributed by atoms with Crippen molar-refractivity contribution in [3.05, 3.63) is 62.7 Å². The number of phenols is 1. The third kappa shape index (κ3) is 5.90. The molecule has 7 aliphatic rings. The van der Waals surface area contributed by atoms with Crippen molar-refractivity contribution in [2.24, 2.45) is 0 Å². The molecule has 16 nitrogen and oxygen atoms in total. The van der Waals surface area contributed by atoms with Crippen molar-refractivity contribution in [1.29, 1.82) is 5.26 Å². The monoisotopic (exact) mass is 844 g/mol. The summed E-state index contributed by atoms with van der Waals surface area (Å²) < 4.78 is 42.4. The number of aryl methyl sites for hydroxylation is 1. The van der Waals surface area contributed by atoms with Gasteiger partial charge in [-0.3, -0.25) is 14.6 Å². The molecular weight excluding hydrogens is 797 g/mol. The molecule has 7 atom stereocenters. The van der Waals surface area contributed by atoms with Crippen LogP contribution >= 0.6 is 11.8 Å². The van der Waals surface area contributed by atoms with Crippen molar-refractivity contribution in [3.8, 4) is 46.3 Å². The minimum absolute atomic E-state index is 0.00335. The molecule has 0 amide bonds. The van der Waals surface area contributed by atoms with Crippen molar-refractivity contribution in [2.75, 3.05) is 66.3 Å². The molecule has 0 aromatic heterocycles. The smallest absolute Gasteiger partial charge is 0.332 e. The predicted octanol–water partition coefficient (Wildman–Crippen LogP) is 3.02. The Morgan fingerprint density at radius 3 is 2.55 bits per heavy atom. The van der Waals surface area contributed by atoms with Crippen LogP contribution in [0.25, 0.3) is 0 Å². The SMILES string of the molecule is COc1cc2c(cc1OCCO)CCN(CCO)[C@]21CS[C@@H]2c3c(OC(C)=O)c(C)c4c(c3C(COC1=O)N1[C@@H]2[C@@H]2N[C@@H](Cc3cc(C)c(OC)c(O)c32)[C@@H]1C#N)OCO4. The van der Waals surface area contributed by atoms with E-state index in [2.05, 4.69) is 16.3 Å². The summed E-state index contributed by atoms with van der Waals surface area (Å²) in [5.41, 5.74) is 4.10. The summed E-state index contributed by atoms with van der Waals surface area (Å²) in [6.45, 7) is 4.87. The zero-order valence-corrected chi connectivity index (χ0v) is 34.8. The maximum Gasteiger partial charge on any atom is 0.332 e. The lowest BCUT2D eigenvalue weighted by molar-refractivity contribution is -0.163. The van der Waals surface area contributed by atoms with Crippen LogP contribution in [0.15, 0.2) is 18.2 Å². The molecule has 0 aliphatic carbocycles. The number of nitriles is 1. The van der Waals surface area contributed by atoms with Crippen molar-refractivity contribution < 1.29 is 58.1 Å². The number of methoxy groups -OCH3 is 2. The summed E-state index contributed by atoms with van der Waals surface area (Å²) in [4.78, 5) is 32.4. The van der Waals surface area contributed by atoms with E-state index >= 15 is 4.79 Å². The van der Waals surface area contributed by atoms with Gasteiger partial charge in [-0.25, -0.2) is 4.79 Å². The van der Waals surface area contributed by atoms with E-state index in [1.165, 1.54) is 32.9 Å². The topological polar surface area (TPSA) is 202 Å². The number of ether oxygens (including phenoxy) is 7. The Hall–Kier alpha value is -4.96. The number of benzene rings is 3. The maximum absolute atomic E-state index is 15.3. The predicted molar refractivity (Wildman–Crippen MR) is 215 cm³/mol. The van der Waals surface area contributed by atoms with Gasteiger partial charge in [0.2, 0.25) is 6.79 Å². The van der Waals surface area contributed by atoms with Gasteiger partial charge >= 0.3 is 11.9 Å². The molecule has 60 heavy (non-hydrogen) atoms. The van der Waals surface area contributed by atoms with Crippen LogP contribution in [0.2, 0.25) is 0 Å². The Kier molecular flexibility index (Phi) is 10.4. The van der Waals surface area contributed by atoms with Gasteiger partial charge in [0.25, 0.3) is 0 Å². The third-order valence-corrected chi connectivity index (χ3v) is 14.4. The zero-order valence-electron chi connectivity index (χ0n) is 34.0. The molecule has 3 aromatic rings. The van der Waals surface area contributed by atoms with E-state index < -0.39 is 46.9 Å². The molecule has 0 radical (unpaired) electrons. The van der Waals surface area contributed by atoms with Crippen molar-refractivity contribution >= 4 is 23.7 Å². The summed E-state index contributed by atoms with van der Waals surface area (Å²) in [5.74, 6) is 1.26. The van der Waals surface area contributed by atoms with Gasteiger partial charge in [0, 0.05) is 60.1 Å². The fraction of sp³-hybridized carbons (Fsp3) is 0.512.